The molecule has 1 fully saturated rings. The van der Waals surface area contributed by atoms with Gasteiger partial charge in [-0.3, -0.25) is 4.79 Å². The second-order valence-electron chi connectivity index (χ2n) is 5.96. The zero-order valence-corrected chi connectivity index (χ0v) is 15.8. The van der Waals surface area contributed by atoms with Crippen LogP contribution in [0.2, 0.25) is 0 Å². The molecule has 1 heterocycles. The second kappa shape index (κ2) is 8.21. The van der Waals surface area contributed by atoms with Gasteiger partial charge in [-0.2, -0.15) is 4.31 Å². The zero-order valence-electron chi connectivity index (χ0n) is 14.9. The van der Waals surface area contributed by atoms with Crippen molar-refractivity contribution in [1.82, 2.24) is 4.31 Å². The minimum Gasteiger partial charge on any atom is -0.496 e. The fourth-order valence-corrected chi connectivity index (χ4v) is 4.18. The van der Waals surface area contributed by atoms with E-state index in [0.717, 1.165) is 12.1 Å². The van der Waals surface area contributed by atoms with Crippen molar-refractivity contribution >= 4 is 21.6 Å². The fourth-order valence-electron chi connectivity index (χ4n) is 2.74. The smallest absolute Gasteiger partial charge is 0.259 e. The Labute approximate surface area is 160 Å². The number of halogens is 2. The van der Waals surface area contributed by atoms with Crippen LogP contribution in [0.25, 0.3) is 0 Å². The highest BCUT2D eigenvalue weighted by Gasteiger charge is 2.28. The van der Waals surface area contributed by atoms with Gasteiger partial charge in [0.25, 0.3) is 5.91 Å². The molecular formula is C18H18F2N2O5S. The number of morpholine rings is 1. The number of anilines is 1. The van der Waals surface area contributed by atoms with E-state index in [-0.39, 0.29) is 48.2 Å². The van der Waals surface area contributed by atoms with E-state index >= 15 is 0 Å². The Hall–Kier alpha value is -2.56. The molecule has 28 heavy (non-hydrogen) atoms. The Morgan fingerprint density at radius 2 is 1.86 bits per heavy atom. The lowest BCUT2D eigenvalue weighted by Crippen LogP contribution is -2.40. The van der Waals surface area contributed by atoms with Gasteiger partial charge >= 0.3 is 0 Å². The number of ether oxygens (including phenoxy) is 2. The quantitative estimate of drug-likeness (QED) is 0.814. The predicted octanol–water partition coefficient (Wildman–Crippen LogP) is 2.25. The summed E-state index contributed by atoms with van der Waals surface area (Å²) in [6.07, 6.45) is 0. The highest BCUT2D eigenvalue weighted by Crippen LogP contribution is 2.26. The molecule has 2 aromatic carbocycles. The van der Waals surface area contributed by atoms with Crippen molar-refractivity contribution in [3.63, 3.8) is 0 Å². The summed E-state index contributed by atoms with van der Waals surface area (Å²) in [4.78, 5) is 12.5. The molecule has 0 bridgehead atoms. The normalized spacial score (nSPS) is 15.2. The summed E-state index contributed by atoms with van der Waals surface area (Å²) >= 11 is 0. The van der Waals surface area contributed by atoms with Gasteiger partial charge in [0, 0.05) is 19.2 Å². The Kier molecular flexibility index (Phi) is 5.92. The minimum atomic E-state index is -3.84. The number of sulfonamides is 1. The molecule has 2 aromatic rings. The van der Waals surface area contributed by atoms with E-state index in [9.17, 15) is 22.0 Å². The summed E-state index contributed by atoms with van der Waals surface area (Å²) in [5.41, 5.74) is -0.338. The van der Waals surface area contributed by atoms with Gasteiger partial charge in [0.15, 0.2) is 0 Å². The predicted molar refractivity (Wildman–Crippen MR) is 96.9 cm³/mol. The summed E-state index contributed by atoms with van der Waals surface area (Å²) < 4.78 is 64.0. The largest absolute Gasteiger partial charge is 0.496 e. The molecule has 0 unspecified atom stereocenters. The van der Waals surface area contributed by atoms with Crippen molar-refractivity contribution in [3.8, 4) is 5.75 Å². The number of carbonyl (C=O) groups excluding carboxylic acids is 1. The minimum absolute atomic E-state index is 0.0967. The van der Waals surface area contributed by atoms with Gasteiger partial charge < -0.3 is 14.8 Å². The third-order valence-electron chi connectivity index (χ3n) is 4.20. The molecule has 0 aliphatic carbocycles. The number of hydrogen-bond acceptors (Lipinski definition) is 5. The van der Waals surface area contributed by atoms with Crippen LogP contribution in [0, 0.1) is 11.6 Å². The maximum Gasteiger partial charge on any atom is 0.259 e. The van der Waals surface area contributed by atoms with Crippen LogP contribution in [0.5, 0.6) is 5.75 Å². The number of rotatable bonds is 5. The first-order valence-corrected chi connectivity index (χ1v) is 9.79. The van der Waals surface area contributed by atoms with Gasteiger partial charge in [0.1, 0.15) is 17.4 Å². The van der Waals surface area contributed by atoms with Crippen molar-refractivity contribution in [1.29, 1.82) is 0 Å². The third kappa shape index (κ3) is 4.13. The standard InChI is InChI=1S/C18H18F2N2O5S/c1-26-17-5-3-13(28(24,25)22-6-8-27-9-7-22)11-14(17)18(23)21-16-4-2-12(19)10-15(16)20/h2-5,10-11H,6-9H2,1H3,(H,21,23). The van der Waals surface area contributed by atoms with Gasteiger partial charge in [-0.05, 0) is 30.3 Å². The molecule has 0 spiro atoms. The van der Waals surface area contributed by atoms with E-state index in [1.807, 2.05) is 0 Å². The van der Waals surface area contributed by atoms with Crippen LogP contribution < -0.4 is 10.1 Å². The van der Waals surface area contributed by atoms with Crippen molar-refractivity contribution < 1.29 is 31.5 Å². The van der Waals surface area contributed by atoms with Crippen LogP contribution in [-0.2, 0) is 14.8 Å². The number of carbonyl (C=O) groups is 1. The summed E-state index contributed by atoms with van der Waals surface area (Å²) in [7, 11) is -2.52. The summed E-state index contributed by atoms with van der Waals surface area (Å²) in [6.45, 7) is 0.979. The molecule has 0 saturated carbocycles. The molecule has 1 amide bonds. The lowest BCUT2D eigenvalue weighted by atomic mass is 10.1. The number of benzene rings is 2. The van der Waals surface area contributed by atoms with E-state index < -0.39 is 27.6 Å². The molecule has 7 nitrogen and oxygen atoms in total. The van der Waals surface area contributed by atoms with Gasteiger partial charge in [-0.1, -0.05) is 0 Å². The van der Waals surface area contributed by atoms with Gasteiger partial charge in [-0.25, -0.2) is 17.2 Å². The monoisotopic (exact) mass is 412 g/mol. The molecule has 150 valence electrons. The van der Waals surface area contributed by atoms with E-state index in [4.69, 9.17) is 9.47 Å². The number of hydrogen-bond donors (Lipinski definition) is 1. The summed E-state index contributed by atoms with van der Waals surface area (Å²) in [6, 6.07) is 6.55. The first-order valence-electron chi connectivity index (χ1n) is 8.35. The molecule has 1 aliphatic rings. The molecule has 10 heteroatoms. The number of amides is 1. The van der Waals surface area contributed by atoms with Crippen LogP contribution >= 0.6 is 0 Å². The molecule has 1 saturated heterocycles. The molecule has 0 atom stereocenters. The average molecular weight is 412 g/mol. The van der Waals surface area contributed by atoms with Gasteiger partial charge in [0.05, 0.1) is 36.5 Å². The van der Waals surface area contributed by atoms with Crippen LogP contribution in [0.1, 0.15) is 10.4 Å². The highest BCUT2D eigenvalue weighted by molar-refractivity contribution is 7.89. The molecule has 3 rings (SSSR count). The second-order valence-corrected chi connectivity index (χ2v) is 7.89. The zero-order chi connectivity index (χ0) is 20.3. The molecule has 0 radical (unpaired) electrons. The first kappa shape index (κ1) is 20.2. The Morgan fingerprint density at radius 3 is 2.50 bits per heavy atom. The fraction of sp³-hybridized carbons (Fsp3) is 0.278. The average Bonchev–Trinajstić information content (AvgIpc) is 2.70. The number of nitrogens with zero attached hydrogens (tertiary/aromatic N) is 1. The van der Waals surface area contributed by atoms with Crippen molar-refractivity contribution in [2.45, 2.75) is 4.90 Å². The number of methoxy groups -OCH3 is 1. The maximum absolute atomic E-state index is 13.8. The van der Waals surface area contributed by atoms with E-state index in [0.29, 0.717) is 6.07 Å². The molecule has 1 N–H and O–H groups in total. The lowest BCUT2D eigenvalue weighted by molar-refractivity contribution is 0.0730. The van der Waals surface area contributed by atoms with Crippen molar-refractivity contribution in [3.05, 3.63) is 53.6 Å². The summed E-state index contributed by atoms with van der Waals surface area (Å²) in [5, 5.41) is 2.30. The topological polar surface area (TPSA) is 84.9 Å². The Morgan fingerprint density at radius 1 is 1.14 bits per heavy atom. The Bertz CT molecular complexity index is 991. The first-order chi connectivity index (χ1) is 13.3. The SMILES string of the molecule is COc1ccc(S(=O)(=O)N2CCOCC2)cc1C(=O)Nc1ccc(F)cc1F. The van der Waals surface area contributed by atoms with E-state index in [1.165, 1.54) is 29.6 Å². The van der Waals surface area contributed by atoms with Crippen LogP contribution in [0.3, 0.4) is 0 Å². The number of nitrogens with one attached hydrogen (secondary N) is 1. The third-order valence-corrected chi connectivity index (χ3v) is 6.10. The van der Waals surface area contributed by atoms with Crippen molar-refractivity contribution in [2.75, 3.05) is 38.7 Å². The van der Waals surface area contributed by atoms with E-state index in [2.05, 4.69) is 5.32 Å². The van der Waals surface area contributed by atoms with Crippen molar-refractivity contribution in [2.24, 2.45) is 0 Å². The molecular weight excluding hydrogens is 394 g/mol. The van der Waals surface area contributed by atoms with Crippen LogP contribution in [-0.4, -0.2) is 52.0 Å². The van der Waals surface area contributed by atoms with Crippen LogP contribution in [0.15, 0.2) is 41.3 Å². The van der Waals surface area contributed by atoms with Crippen LogP contribution in [0.4, 0.5) is 14.5 Å². The Balaban J connectivity index is 1.93. The lowest BCUT2D eigenvalue weighted by Gasteiger charge is -2.26. The van der Waals surface area contributed by atoms with Gasteiger partial charge in [0.2, 0.25) is 10.0 Å². The summed E-state index contributed by atoms with van der Waals surface area (Å²) in [5.74, 6) is -2.42. The van der Waals surface area contributed by atoms with Gasteiger partial charge in [-0.15, -0.1) is 0 Å². The highest BCUT2D eigenvalue weighted by atomic mass is 32.2. The maximum atomic E-state index is 13.8. The molecule has 1 aliphatic heterocycles. The molecule has 0 aromatic heterocycles. The van der Waals surface area contributed by atoms with E-state index in [1.54, 1.807) is 0 Å².